The van der Waals surface area contributed by atoms with E-state index < -0.39 is 0 Å². The van der Waals surface area contributed by atoms with Gasteiger partial charge in [-0.15, -0.1) is 0 Å². The van der Waals surface area contributed by atoms with Gasteiger partial charge < -0.3 is 5.73 Å². The van der Waals surface area contributed by atoms with Gasteiger partial charge in [-0.2, -0.15) is 0 Å². The van der Waals surface area contributed by atoms with Gasteiger partial charge in [0.25, 0.3) is 0 Å². The number of nitrogens with zero attached hydrogens (tertiary/aromatic N) is 1. The standard InChI is InChI=1S/C14H21BrN2/c1-2-17(9-11-4-3-5-11)10-12-6-7-13(16)8-14(12)15/h6-8,11H,2-5,9-10,16H2,1H3. The van der Waals surface area contributed by atoms with Crippen LogP contribution in [0.2, 0.25) is 0 Å². The van der Waals surface area contributed by atoms with E-state index in [-0.39, 0.29) is 0 Å². The first-order valence-corrected chi connectivity index (χ1v) is 7.24. The van der Waals surface area contributed by atoms with Gasteiger partial charge >= 0.3 is 0 Å². The Hall–Kier alpha value is -0.540. The van der Waals surface area contributed by atoms with Crippen molar-refractivity contribution >= 4 is 21.6 Å². The lowest BCUT2D eigenvalue weighted by Gasteiger charge is -2.32. The van der Waals surface area contributed by atoms with Crippen molar-refractivity contribution < 1.29 is 0 Å². The highest BCUT2D eigenvalue weighted by molar-refractivity contribution is 9.10. The fraction of sp³-hybridized carbons (Fsp3) is 0.571. The molecule has 0 heterocycles. The Morgan fingerprint density at radius 1 is 1.41 bits per heavy atom. The molecule has 1 aromatic carbocycles. The fourth-order valence-electron chi connectivity index (χ4n) is 2.28. The highest BCUT2D eigenvalue weighted by Gasteiger charge is 2.20. The number of anilines is 1. The predicted molar refractivity (Wildman–Crippen MR) is 76.8 cm³/mol. The Kier molecular flexibility index (Phi) is 4.46. The Morgan fingerprint density at radius 2 is 2.18 bits per heavy atom. The molecule has 1 aliphatic rings. The van der Waals surface area contributed by atoms with Gasteiger partial charge in [0.2, 0.25) is 0 Å². The molecule has 1 saturated carbocycles. The molecule has 0 bridgehead atoms. The van der Waals surface area contributed by atoms with Crippen LogP contribution >= 0.6 is 15.9 Å². The summed E-state index contributed by atoms with van der Waals surface area (Å²) in [4.78, 5) is 2.53. The number of hydrogen-bond donors (Lipinski definition) is 1. The van der Waals surface area contributed by atoms with Gasteiger partial charge in [0.05, 0.1) is 0 Å². The largest absolute Gasteiger partial charge is 0.399 e. The van der Waals surface area contributed by atoms with Crippen LogP contribution in [0.5, 0.6) is 0 Å². The fourth-order valence-corrected chi connectivity index (χ4v) is 2.80. The number of hydrogen-bond acceptors (Lipinski definition) is 2. The Morgan fingerprint density at radius 3 is 2.71 bits per heavy atom. The van der Waals surface area contributed by atoms with E-state index in [1.807, 2.05) is 12.1 Å². The zero-order valence-electron chi connectivity index (χ0n) is 10.5. The second-order valence-electron chi connectivity index (χ2n) is 4.98. The first kappa shape index (κ1) is 12.9. The number of nitrogen functional groups attached to an aromatic ring is 1. The van der Waals surface area contributed by atoms with Crippen molar-refractivity contribution in [3.05, 3.63) is 28.2 Å². The molecule has 0 spiro atoms. The summed E-state index contributed by atoms with van der Waals surface area (Å²) in [5.74, 6) is 0.933. The van der Waals surface area contributed by atoms with Gasteiger partial charge in [0.1, 0.15) is 0 Å². The Labute approximate surface area is 112 Å². The minimum absolute atomic E-state index is 0.822. The molecule has 0 radical (unpaired) electrons. The van der Waals surface area contributed by atoms with Gasteiger partial charge in [-0.1, -0.05) is 35.3 Å². The second kappa shape index (κ2) is 5.87. The lowest BCUT2D eigenvalue weighted by atomic mass is 9.85. The van der Waals surface area contributed by atoms with Crippen molar-refractivity contribution in [1.82, 2.24) is 4.90 Å². The summed E-state index contributed by atoms with van der Waals surface area (Å²) in [7, 11) is 0. The third kappa shape index (κ3) is 3.46. The second-order valence-corrected chi connectivity index (χ2v) is 5.83. The first-order valence-electron chi connectivity index (χ1n) is 6.45. The van der Waals surface area contributed by atoms with E-state index in [1.165, 1.54) is 31.4 Å². The molecule has 0 saturated heterocycles. The van der Waals surface area contributed by atoms with Gasteiger partial charge in [0, 0.05) is 23.2 Å². The highest BCUT2D eigenvalue weighted by atomic mass is 79.9. The summed E-state index contributed by atoms with van der Waals surface area (Å²) in [6.45, 7) is 5.62. The van der Waals surface area contributed by atoms with Gasteiger partial charge in [0.15, 0.2) is 0 Å². The monoisotopic (exact) mass is 296 g/mol. The SMILES string of the molecule is CCN(Cc1ccc(N)cc1Br)CC1CCC1. The molecule has 1 aromatic rings. The van der Waals surface area contributed by atoms with Gasteiger partial charge in [-0.3, -0.25) is 4.90 Å². The molecule has 0 aliphatic heterocycles. The summed E-state index contributed by atoms with van der Waals surface area (Å²) in [5, 5.41) is 0. The van der Waals surface area contributed by atoms with E-state index in [1.54, 1.807) is 0 Å². The molecule has 2 rings (SSSR count). The average molecular weight is 297 g/mol. The maximum absolute atomic E-state index is 5.76. The molecule has 1 fully saturated rings. The van der Waals surface area contributed by atoms with Crippen molar-refractivity contribution in [2.75, 3.05) is 18.8 Å². The van der Waals surface area contributed by atoms with E-state index in [0.717, 1.165) is 29.2 Å². The van der Waals surface area contributed by atoms with Crippen molar-refractivity contribution in [1.29, 1.82) is 0 Å². The Bertz CT molecular complexity index is 374. The minimum Gasteiger partial charge on any atom is -0.399 e. The number of benzene rings is 1. The summed E-state index contributed by atoms with van der Waals surface area (Å²) < 4.78 is 1.13. The quantitative estimate of drug-likeness (QED) is 0.841. The maximum Gasteiger partial charge on any atom is 0.0325 e. The molecule has 3 heteroatoms. The van der Waals surface area contributed by atoms with E-state index in [4.69, 9.17) is 5.73 Å². The zero-order valence-corrected chi connectivity index (χ0v) is 12.0. The van der Waals surface area contributed by atoms with Crippen molar-refractivity contribution in [2.45, 2.75) is 32.7 Å². The molecule has 2 N–H and O–H groups in total. The normalized spacial score (nSPS) is 16.2. The van der Waals surface area contributed by atoms with Crippen molar-refractivity contribution in [2.24, 2.45) is 5.92 Å². The van der Waals surface area contributed by atoms with Gasteiger partial charge in [-0.25, -0.2) is 0 Å². The van der Waals surface area contributed by atoms with Crippen molar-refractivity contribution in [3.63, 3.8) is 0 Å². The van der Waals surface area contributed by atoms with E-state index in [9.17, 15) is 0 Å². The van der Waals surface area contributed by atoms with Crippen LogP contribution in [0.1, 0.15) is 31.7 Å². The number of halogens is 1. The molecule has 94 valence electrons. The number of rotatable bonds is 5. The summed E-state index contributed by atoms with van der Waals surface area (Å²) in [6, 6.07) is 6.10. The molecular weight excluding hydrogens is 276 g/mol. The maximum atomic E-state index is 5.76. The van der Waals surface area contributed by atoms with Crippen LogP contribution < -0.4 is 5.73 Å². The molecule has 2 nitrogen and oxygen atoms in total. The molecule has 17 heavy (non-hydrogen) atoms. The van der Waals surface area contributed by atoms with Crippen LogP contribution in [0.15, 0.2) is 22.7 Å². The molecule has 0 unspecified atom stereocenters. The topological polar surface area (TPSA) is 29.3 Å². The van der Waals surface area contributed by atoms with Crippen LogP contribution in [0.3, 0.4) is 0 Å². The third-order valence-electron chi connectivity index (χ3n) is 3.66. The molecule has 0 atom stereocenters. The molecule has 0 amide bonds. The van der Waals surface area contributed by atoms with Crippen LogP contribution in [0, 0.1) is 5.92 Å². The average Bonchev–Trinajstić information content (AvgIpc) is 2.24. The molecule has 0 aromatic heterocycles. The van der Waals surface area contributed by atoms with Crippen molar-refractivity contribution in [3.8, 4) is 0 Å². The van der Waals surface area contributed by atoms with E-state index >= 15 is 0 Å². The molecule has 1 aliphatic carbocycles. The summed E-state index contributed by atoms with van der Waals surface area (Å²) >= 11 is 3.60. The highest BCUT2D eigenvalue weighted by Crippen LogP contribution is 2.28. The van der Waals surface area contributed by atoms with Crippen LogP contribution in [0.25, 0.3) is 0 Å². The zero-order chi connectivity index (χ0) is 12.3. The predicted octanol–water partition coefficient (Wildman–Crippen LogP) is 3.65. The van der Waals surface area contributed by atoms with E-state index in [0.29, 0.717) is 0 Å². The first-order chi connectivity index (χ1) is 8.19. The minimum atomic E-state index is 0.822. The summed E-state index contributed by atoms with van der Waals surface area (Å²) in [6.07, 6.45) is 4.26. The lowest BCUT2D eigenvalue weighted by molar-refractivity contribution is 0.178. The van der Waals surface area contributed by atoms with Crippen LogP contribution in [-0.2, 0) is 6.54 Å². The number of nitrogens with two attached hydrogens (primary N) is 1. The van der Waals surface area contributed by atoms with Gasteiger partial charge in [-0.05, 0) is 43.0 Å². The lowest BCUT2D eigenvalue weighted by Crippen LogP contribution is -2.32. The molecular formula is C14H21BrN2. The third-order valence-corrected chi connectivity index (χ3v) is 4.40. The van der Waals surface area contributed by atoms with Crippen LogP contribution in [-0.4, -0.2) is 18.0 Å². The smallest absolute Gasteiger partial charge is 0.0325 e. The Balaban J connectivity index is 1.96. The van der Waals surface area contributed by atoms with Crippen LogP contribution in [0.4, 0.5) is 5.69 Å². The van der Waals surface area contributed by atoms with E-state index in [2.05, 4.69) is 33.8 Å². The summed E-state index contributed by atoms with van der Waals surface area (Å²) in [5.41, 5.74) is 7.91.